The van der Waals surface area contributed by atoms with E-state index in [4.69, 9.17) is 9.15 Å². The minimum Gasteiger partial charge on any atom is -0.469 e. The summed E-state index contributed by atoms with van der Waals surface area (Å²) in [5.41, 5.74) is 2.03. The molecule has 0 spiro atoms. The summed E-state index contributed by atoms with van der Waals surface area (Å²) in [6.07, 6.45) is 3.06. The smallest absolute Gasteiger partial charge is 0.342 e. The van der Waals surface area contributed by atoms with Gasteiger partial charge >= 0.3 is 5.97 Å². The highest BCUT2D eigenvalue weighted by Gasteiger charge is 2.32. The molecule has 0 bridgehead atoms. The zero-order valence-electron chi connectivity index (χ0n) is 14.7. The highest BCUT2D eigenvalue weighted by molar-refractivity contribution is 7.92. The maximum absolute atomic E-state index is 12.3. The molecule has 0 amide bonds. The summed E-state index contributed by atoms with van der Waals surface area (Å²) >= 11 is 0. The fourth-order valence-corrected chi connectivity index (χ4v) is 4.43. The standard InChI is InChI=1S/C18H19NO6S/c1-11-8-14-9-13(4-5-16(14)19(11)26(3,22)23)17(20)10-25-18(21)15-6-7-24-12(15)2/h4-7,9,11H,8,10H2,1-3H3/t11-/m1/s1. The van der Waals surface area contributed by atoms with Crippen LogP contribution >= 0.6 is 0 Å². The van der Waals surface area contributed by atoms with Gasteiger partial charge in [-0.2, -0.15) is 0 Å². The number of ether oxygens (including phenoxy) is 1. The van der Waals surface area contributed by atoms with Gasteiger partial charge in [-0.3, -0.25) is 9.10 Å². The average Bonchev–Trinajstić information content (AvgIpc) is 3.13. The van der Waals surface area contributed by atoms with Crippen LogP contribution in [-0.2, 0) is 21.2 Å². The van der Waals surface area contributed by atoms with Gasteiger partial charge in [0.15, 0.2) is 12.4 Å². The van der Waals surface area contributed by atoms with E-state index in [1.807, 2.05) is 6.92 Å². The number of hydrogen-bond donors (Lipinski definition) is 0. The van der Waals surface area contributed by atoms with Crippen LogP contribution in [0.25, 0.3) is 0 Å². The normalized spacial score (nSPS) is 16.4. The largest absolute Gasteiger partial charge is 0.469 e. The molecule has 8 heteroatoms. The maximum atomic E-state index is 12.3. The van der Waals surface area contributed by atoms with E-state index in [1.165, 1.54) is 16.6 Å². The highest BCUT2D eigenvalue weighted by Crippen LogP contribution is 2.34. The Morgan fingerprint density at radius 3 is 2.65 bits per heavy atom. The number of carbonyl (C=O) groups excluding carboxylic acids is 2. The van der Waals surface area contributed by atoms with Gasteiger partial charge in [0.1, 0.15) is 11.3 Å². The Labute approximate surface area is 151 Å². The quantitative estimate of drug-likeness (QED) is 0.586. The number of fused-ring (bicyclic) bond motifs is 1. The fourth-order valence-electron chi connectivity index (χ4n) is 3.17. The summed E-state index contributed by atoms with van der Waals surface area (Å²) in [4.78, 5) is 24.3. The third kappa shape index (κ3) is 3.37. The number of furan rings is 1. The van der Waals surface area contributed by atoms with Crippen molar-refractivity contribution in [1.29, 1.82) is 0 Å². The summed E-state index contributed by atoms with van der Waals surface area (Å²) in [6.45, 7) is 3.05. The van der Waals surface area contributed by atoms with Gasteiger partial charge in [-0.25, -0.2) is 13.2 Å². The van der Waals surface area contributed by atoms with Crippen LogP contribution in [0.4, 0.5) is 5.69 Å². The third-order valence-corrected chi connectivity index (χ3v) is 5.60. The van der Waals surface area contributed by atoms with E-state index < -0.39 is 22.6 Å². The number of Topliss-reactive ketones (excluding diaryl/α,β-unsaturated/α-hetero) is 1. The zero-order valence-corrected chi connectivity index (χ0v) is 15.5. The lowest BCUT2D eigenvalue weighted by molar-refractivity contribution is 0.0473. The van der Waals surface area contributed by atoms with Crippen LogP contribution < -0.4 is 4.31 Å². The van der Waals surface area contributed by atoms with E-state index in [0.29, 0.717) is 23.4 Å². The van der Waals surface area contributed by atoms with Crippen molar-refractivity contribution >= 4 is 27.5 Å². The first-order chi connectivity index (χ1) is 12.2. The van der Waals surface area contributed by atoms with Crippen molar-refractivity contribution in [3.63, 3.8) is 0 Å². The molecule has 1 atom stereocenters. The van der Waals surface area contributed by atoms with Gasteiger partial charge in [0.25, 0.3) is 0 Å². The SMILES string of the molecule is Cc1occc1C(=O)OCC(=O)c1ccc2c(c1)C[C@@H](C)N2S(C)(=O)=O. The molecule has 2 heterocycles. The van der Waals surface area contributed by atoms with E-state index in [2.05, 4.69) is 0 Å². The lowest BCUT2D eigenvalue weighted by atomic mass is 10.0. The second-order valence-electron chi connectivity index (χ2n) is 6.35. The molecule has 0 saturated heterocycles. The molecule has 26 heavy (non-hydrogen) atoms. The molecule has 1 aliphatic heterocycles. The van der Waals surface area contributed by atoms with Crippen molar-refractivity contribution in [3.8, 4) is 0 Å². The van der Waals surface area contributed by atoms with Crippen LogP contribution in [-0.4, -0.2) is 39.1 Å². The number of esters is 1. The van der Waals surface area contributed by atoms with Gasteiger partial charge in [0.2, 0.25) is 10.0 Å². The van der Waals surface area contributed by atoms with Crippen LogP contribution in [0, 0.1) is 6.92 Å². The van der Waals surface area contributed by atoms with Crippen molar-refractivity contribution < 1.29 is 27.2 Å². The van der Waals surface area contributed by atoms with E-state index in [0.717, 1.165) is 11.8 Å². The van der Waals surface area contributed by atoms with Crippen molar-refractivity contribution in [2.75, 3.05) is 17.2 Å². The topological polar surface area (TPSA) is 93.9 Å². The van der Waals surface area contributed by atoms with Crippen molar-refractivity contribution in [2.45, 2.75) is 26.3 Å². The Balaban J connectivity index is 1.73. The van der Waals surface area contributed by atoms with E-state index in [-0.39, 0.29) is 17.4 Å². The van der Waals surface area contributed by atoms with Gasteiger partial charge in [0, 0.05) is 11.6 Å². The second kappa shape index (κ2) is 6.60. The van der Waals surface area contributed by atoms with E-state index >= 15 is 0 Å². The molecule has 1 aromatic carbocycles. The minimum atomic E-state index is -3.38. The lowest BCUT2D eigenvalue weighted by Crippen LogP contribution is -2.34. The number of sulfonamides is 1. The van der Waals surface area contributed by atoms with Crippen LogP contribution in [0.5, 0.6) is 0 Å². The minimum absolute atomic E-state index is 0.202. The van der Waals surface area contributed by atoms with Gasteiger partial charge in [-0.05, 0) is 50.1 Å². The molecular weight excluding hydrogens is 358 g/mol. The molecule has 0 fully saturated rings. The van der Waals surface area contributed by atoms with Crippen molar-refractivity contribution in [2.24, 2.45) is 0 Å². The Kier molecular flexibility index (Phi) is 4.62. The predicted octanol–water partition coefficient (Wildman–Crippen LogP) is 2.34. The first-order valence-corrected chi connectivity index (χ1v) is 9.90. The molecule has 138 valence electrons. The number of rotatable bonds is 5. The Morgan fingerprint density at radius 1 is 1.31 bits per heavy atom. The number of ketones is 1. The van der Waals surface area contributed by atoms with Crippen molar-refractivity contribution in [1.82, 2.24) is 0 Å². The van der Waals surface area contributed by atoms with E-state index in [9.17, 15) is 18.0 Å². The fraction of sp³-hybridized carbons (Fsp3) is 0.333. The number of hydrogen-bond acceptors (Lipinski definition) is 6. The first-order valence-electron chi connectivity index (χ1n) is 8.05. The van der Waals surface area contributed by atoms with Gasteiger partial charge in [-0.15, -0.1) is 0 Å². The van der Waals surface area contributed by atoms with Crippen LogP contribution in [0.3, 0.4) is 0 Å². The zero-order chi connectivity index (χ0) is 19.1. The van der Waals surface area contributed by atoms with Gasteiger partial charge < -0.3 is 9.15 Å². The Hall–Kier alpha value is -2.61. The molecule has 7 nitrogen and oxygen atoms in total. The van der Waals surface area contributed by atoms with Gasteiger partial charge in [-0.1, -0.05) is 0 Å². The average molecular weight is 377 g/mol. The van der Waals surface area contributed by atoms with Crippen LogP contribution in [0.1, 0.15) is 39.0 Å². The van der Waals surface area contributed by atoms with E-state index in [1.54, 1.807) is 25.1 Å². The third-order valence-electron chi connectivity index (χ3n) is 4.32. The maximum Gasteiger partial charge on any atom is 0.342 e. The summed E-state index contributed by atoms with van der Waals surface area (Å²) in [6, 6.07) is 6.12. The molecule has 2 aromatic rings. The molecule has 0 unspecified atom stereocenters. The lowest BCUT2D eigenvalue weighted by Gasteiger charge is -2.21. The van der Waals surface area contributed by atoms with Crippen LogP contribution in [0.15, 0.2) is 34.9 Å². The molecule has 1 aliphatic rings. The molecule has 0 saturated carbocycles. The second-order valence-corrected chi connectivity index (χ2v) is 8.20. The van der Waals surface area contributed by atoms with Gasteiger partial charge in [0.05, 0.1) is 18.2 Å². The summed E-state index contributed by atoms with van der Waals surface area (Å²) in [7, 11) is -3.38. The number of carbonyl (C=O) groups is 2. The van der Waals surface area contributed by atoms with Crippen LogP contribution in [0.2, 0.25) is 0 Å². The molecular formula is C18H19NO6S. The summed E-state index contributed by atoms with van der Waals surface area (Å²) in [5, 5.41) is 0. The summed E-state index contributed by atoms with van der Waals surface area (Å²) < 4.78 is 35.3. The highest BCUT2D eigenvalue weighted by atomic mass is 32.2. The number of benzene rings is 1. The van der Waals surface area contributed by atoms with Crippen molar-refractivity contribution in [3.05, 3.63) is 53.0 Å². The Bertz CT molecular complexity index is 975. The number of aryl methyl sites for hydroxylation is 1. The number of nitrogens with zero attached hydrogens (tertiary/aromatic N) is 1. The molecule has 0 radical (unpaired) electrons. The molecule has 0 aliphatic carbocycles. The predicted molar refractivity (Wildman–Crippen MR) is 95.0 cm³/mol. The Morgan fingerprint density at radius 2 is 2.04 bits per heavy atom. The first kappa shape index (κ1) is 18.2. The number of anilines is 1. The molecule has 3 rings (SSSR count). The molecule has 1 aromatic heterocycles. The monoisotopic (exact) mass is 377 g/mol. The summed E-state index contributed by atoms with van der Waals surface area (Å²) in [5.74, 6) is -0.551. The molecule has 0 N–H and O–H groups in total.